The number of ether oxygens (including phenoxy) is 1. The van der Waals surface area contributed by atoms with Crippen molar-refractivity contribution < 1.29 is 9.94 Å². The van der Waals surface area contributed by atoms with Crippen molar-refractivity contribution in [3.05, 3.63) is 64.9 Å². The van der Waals surface area contributed by atoms with Crippen LogP contribution in [0.4, 0.5) is 0 Å². The van der Waals surface area contributed by atoms with Crippen LogP contribution in [0.1, 0.15) is 36.7 Å². The number of pyridine rings is 1. The third-order valence-corrected chi connectivity index (χ3v) is 5.29. The van der Waals surface area contributed by atoms with E-state index in [0.29, 0.717) is 29.0 Å². The zero-order chi connectivity index (χ0) is 21.3. The Kier molecular flexibility index (Phi) is 5.15. The number of imidazole rings is 1. The molecule has 7 nitrogen and oxygen atoms in total. The molecule has 0 fully saturated rings. The summed E-state index contributed by atoms with van der Waals surface area (Å²) < 4.78 is 8.83. The van der Waals surface area contributed by atoms with E-state index in [4.69, 9.17) is 15.4 Å². The number of fused-ring (bicyclic) bond motifs is 3. The standard InChI is InChI=1S/C23H23N5O2/c1-3-4-8-20-26-21-22(27(20)2)18-12-17(9-10-19(18)28(29)23(21)25)30-14-16-7-5-6-15(11-16)13-24/h5-7,9-12,25,29H,3-4,8,14H2,1-2H3. The minimum atomic E-state index is -0.0298. The third kappa shape index (κ3) is 3.37. The predicted molar refractivity (Wildman–Crippen MR) is 113 cm³/mol. The number of nitrogens with zero attached hydrogens (tertiary/aromatic N) is 4. The summed E-state index contributed by atoms with van der Waals surface area (Å²) in [5, 5.41) is 28.6. The van der Waals surface area contributed by atoms with Crippen molar-refractivity contribution in [1.82, 2.24) is 14.3 Å². The van der Waals surface area contributed by atoms with Gasteiger partial charge in [0.05, 0.1) is 22.7 Å². The number of hydrogen-bond acceptors (Lipinski definition) is 5. The molecule has 0 amide bonds. The largest absolute Gasteiger partial charge is 0.489 e. The van der Waals surface area contributed by atoms with Crippen LogP contribution in [0, 0.1) is 16.7 Å². The lowest BCUT2D eigenvalue weighted by Crippen LogP contribution is -2.19. The first kappa shape index (κ1) is 19.5. The fraction of sp³-hybridized carbons (Fsp3) is 0.261. The monoisotopic (exact) mass is 401 g/mol. The molecular weight excluding hydrogens is 378 g/mol. The molecule has 0 spiro atoms. The molecule has 152 valence electrons. The van der Waals surface area contributed by atoms with E-state index in [1.807, 2.05) is 29.8 Å². The molecule has 7 heteroatoms. The molecule has 0 radical (unpaired) electrons. The van der Waals surface area contributed by atoms with E-state index >= 15 is 0 Å². The summed E-state index contributed by atoms with van der Waals surface area (Å²) >= 11 is 0. The number of aromatic nitrogens is 3. The van der Waals surface area contributed by atoms with Gasteiger partial charge in [0, 0.05) is 18.9 Å². The summed E-state index contributed by atoms with van der Waals surface area (Å²) in [4.78, 5) is 4.63. The molecule has 0 aliphatic carbocycles. The van der Waals surface area contributed by atoms with E-state index in [-0.39, 0.29) is 5.49 Å². The van der Waals surface area contributed by atoms with Gasteiger partial charge in [-0.3, -0.25) is 5.41 Å². The highest BCUT2D eigenvalue weighted by Crippen LogP contribution is 2.27. The summed E-state index contributed by atoms with van der Waals surface area (Å²) in [6, 6.07) is 14.8. The number of aryl methyl sites for hydroxylation is 2. The normalized spacial score (nSPS) is 11.1. The van der Waals surface area contributed by atoms with E-state index in [9.17, 15) is 5.21 Å². The Labute approximate surface area is 173 Å². The molecule has 2 aromatic carbocycles. The van der Waals surface area contributed by atoms with Crippen molar-refractivity contribution >= 4 is 21.9 Å². The lowest BCUT2D eigenvalue weighted by molar-refractivity contribution is 0.185. The highest BCUT2D eigenvalue weighted by molar-refractivity contribution is 6.02. The van der Waals surface area contributed by atoms with E-state index in [2.05, 4.69) is 18.0 Å². The van der Waals surface area contributed by atoms with E-state index in [0.717, 1.165) is 46.3 Å². The van der Waals surface area contributed by atoms with Crippen LogP contribution in [0.15, 0.2) is 42.5 Å². The molecule has 0 unspecified atom stereocenters. The SMILES string of the molecule is CCCCc1nc2c(=N)n(O)c3ccc(OCc4cccc(C#N)c4)cc3c2n1C. The zero-order valence-corrected chi connectivity index (χ0v) is 17.0. The fourth-order valence-electron chi connectivity index (χ4n) is 3.67. The highest BCUT2D eigenvalue weighted by Gasteiger charge is 2.16. The van der Waals surface area contributed by atoms with Crippen molar-refractivity contribution in [3.63, 3.8) is 0 Å². The van der Waals surface area contributed by atoms with Gasteiger partial charge in [0.2, 0.25) is 0 Å². The summed E-state index contributed by atoms with van der Waals surface area (Å²) in [7, 11) is 1.95. The van der Waals surface area contributed by atoms with Crippen LogP contribution in [0.3, 0.4) is 0 Å². The van der Waals surface area contributed by atoms with Gasteiger partial charge in [-0.2, -0.15) is 9.99 Å². The van der Waals surface area contributed by atoms with Crippen molar-refractivity contribution in [1.29, 1.82) is 10.7 Å². The Balaban J connectivity index is 1.77. The molecule has 2 heterocycles. The highest BCUT2D eigenvalue weighted by atomic mass is 16.5. The van der Waals surface area contributed by atoms with Gasteiger partial charge >= 0.3 is 0 Å². The van der Waals surface area contributed by atoms with Crippen molar-refractivity contribution in [2.24, 2.45) is 7.05 Å². The van der Waals surface area contributed by atoms with Gasteiger partial charge in [0.1, 0.15) is 23.7 Å². The molecule has 4 aromatic rings. The maximum atomic E-state index is 10.5. The van der Waals surface area contributed by atoms with Gasteiger partial charge < -0.3 is 14.5 Å². The van der Waals surface area contributed by atoms with Gasteiger partial charge in [-0.05, 0) is 42.3 Å². The Hall–Kier alpha value is -3.79. The number of hydrogen-bond donors (Lipinski definition) is 2. The van der Waals surface area contributed by atoms with Gasteiger partial charge in [0.15, 0.2) is 5.49 Å². The topological polar surface area (TPSA) is 99.9 Å². The lowest BCUT2D eigenvalue weighted by Gasteiger charge is -2.11. The van der Waals surface area contributed by atoms with E-state index < -0.39 is 0 Å². The molecule has 0 bridgehead atoms. The second-order valence-corrected chi connectivity index (χ2v) is 7.33. The molecule has 30 heavy (non-hydrogen) atoms. The van der Waals surface area contributed by atoms with Crippen molar-refractivity contribution in [2.45, 2.75) is 32.8 Å². The Morgan fingerprint density at radius 1 is 1.23 bits per heavy atom. The number of unbranched alkanes of at least 4 members (excludes halogenated alkanes) is 1. The number of rotatable bonds is 6. The van der Waals surface area contributed by atoms with E-state index in [1.165, 1.54) is 0 Å². The maximum absolute atomic E-state index is 10.5. The van der Waals surface area contributed by atoms with Crippen LogP contribution in [0.5, 0.6) is 5.75 Å². The zero-order valence-electron chi connectivity index (χ0n) is 17.0. The number of nitriles is 1. The van der Waals surface area contributed by atoms with Crippen LogP contribution in [0.25, 0.3) is 21.9 Å². The first-order valence-electron chi connectivity index (χ1n) is 9.93. The average Bonchev–Trinajstić information content (AvgIpc) is 3.11. The molecular formula is C23H23N5O2. The second-order valence-electron chi connectivity index (χ2n) is 7.33. The molecule has 0 saturated carbocycles. The van der Waals surface area contributed by atoms with Gasteiger partial charge in [-0.15, -0.1) is 0 Å². The Morgan fingerprint density at radius 2 is 2.07 bits per heavy atom. The molecule has 0 saturated heterocycles. The first-order valence-corrected chi connectivity index (χ1v) is 9.93. The summed E-state index contributed by atoms with van der Waals surface area (Å²) in [6.07, 6.45) is 2.89. The van der Waals surface area contributed by atoms with Crippen LogP contribution in [0.2, 0.25) is 0 Å². The predicted octanol–water partition coefficient (Wildman–Crippen LogP) is 4.04. The maximum Gasteiger partial charge on any atom is 0.189 e. The summed E-state index contributed by atoms with van der Waals surface area (Å²) in [5.41, 5.74) is 3.27. The van der Waals surface area contributed by atoms with Gasteiger partial charge in [-0.1, -0.05) is 25.5 Å². The minimum Gasteiger partial charge on any atom is -0.489 e. The van der Waals surface area contributed by atoms with Gasteiger partial charge in [-0.25, -0.2) is 4.98 Å². The van der Waals surface area contributed by atoms with Crippen LogP contribution in [-0.4, -0.2) is 19.5 Å². The van der Waals surface area contributed by atoms with Crippen LogP contribution >= 0.6 is 0 Å². The fourth-order valence-corrected chi connectivity index (χ4v) is 3.67. The number of nitrogens with one attached hydrogen (secondary N) is 1. The van der Waals surface area contributed by atoms with E-state index in [1.54, 1.807) is 24.3 Å². The third-order valence-electron chi connectivity index (χ3n) is 5.29. The van der Waals surface area contributed by atoms with Crippen molar-refractivity contribution in [2.75, 3.05) is 0 Å². The average molecular weight is 401 g/mol. The summed E-state index contributed by atoms with van der Waals surface area (Å²) in [6.45, 7) is 2.46. The van der Waals surface area contributed by atoms with Crippen LogP contribution in [-0.2, 0) is 20.1 Å². The van der Waals surface area contributed by atoms with Crippen molar-refractivity contribution in [3.8, 4) is 11.8 Å². The summed E-state index contributed by atoms with van der Waals surface area (Å²) in [5.74, 6) is 1.53. The molecule has 4 rings (SSSR count). The smallest absolute Gasteiger partial charge is 0.189 e. The second kappa shape index (κ2) is 7.91. The molecule has 0 atom stereocenters. The minimum absolute atomic E-state index is 0.0298. The molecule has 0 aliphatic heterocycles. The lowest BCUT2D eigenvalue weighted by atomic mass is 10.1. The first-order chi connectivity index (χ1) is 14.5. The molecule has 2 aromatic heterocycles. The van der Waals surface area contributed by atoms with Gasteiger partial charge in [0.25, 0.3) is 0 Å². The molecule has 0 aliphatic rings. The molecule has 2 N–H and O–H groups in total. The quantitative estimate of drug-likeness (QED) is 0.476. The van der Waals surface area contributed by atoms with Crippen LogP contribution < -0.4 is 10.2 Å². The Morgan fingerprint density at radius 3 is 2.83 bits per heavy atom. The Bertz CT molecular complexity index is 1340. The number of benzene rings is 2.